The number of likely N-dealkylation sites (tertiary alicyclic amines) is 1. The highest BCUT2D eigenvalue weighted by Gasteiger charge is 2.32. The quantitative estimate of drug-likeness (QED) is 0.336. The number of halogens is 2. The fraction of sp³-hybridized carbons (Fsp3) is 0.345. The Bertz CT molecular complexity index is 1450. The Morgan fingerprint density at radius 3 is 2.54 bits per heavy atom. The molecule has 2 aliphatic heterocycles. The fourth-order valence-electron chi connectivity index (χ4n) is 5.70. The monoisotopic (exact) mass is 625 g/mol. The zero-order valence-corrected chi connectivity index (χ0v) is 24.2. The van der Waals surface area contributed by atoms with Crippen LogP contribution >= 0.6 is 31.9 Å². The van der Waals surface area contributed by atoms with Crippen molar-refractivity contribution in [1.29, 1.82) is 0 Å². The van der Waals surface area contributed by atoms with Crippen LogP contribution in [-0.4, -0.2) is 51.6 Å². The summed E-state index contributed by atoms with van der Waals surface area (Å²) in [7, 11) is 0. The van der Waals surface area contributed by atoms with Gasteiger partial charge in [0.25, 0.3) is 5.91 Å². The normalized spacial score (nSPS) is 15.5. The number of hydrogen-bond donors (Lipinski definition) is 0. The molecule has 6 nitrogen and oxygen atoms in total. The van der Waals surface area contributed by atoms with Gasteiger partial charge in [0.2, 0.25) is 5.91 Å². The summed E-state index contributed by atoms with van der Waals surface area (Å²) in [6, 6.07) is 10.1. The van der Waals surface area contributed by atoms with Crippen molar-refractivity contribution in [2.45, 2.75) is 39.8 Å². The van der Waals surface area contributed by atoms with E-state index < -0.39 is 0 Å². The molecule has 2 amide bonds. The average molecular weight is 627 g/mol. The van der Waals surface area contributed by atoms with Gasteiger partial charge in [-0.1, -0.05) is 38.4 Å². The molecule has 2 aliphatic rings. The lowest BCUT2D eigenvalue weighted by Crippen LogP contribution is -2.50. The number of aromatic nitrogens is 1. The van der Waals surface area contributed by atoms with Crippen LogP contribution in [0.25, 0.3) is 10.9 Å². The highest BCUT2D eigenvalue weighted by Crippen LogP contribution is 2.33. The molecule has 3 heterocycles. The van der Waals surface area contributed by atoms with Gasteiger partial charge in [0, 0.05) is 64.1 Å². The van der Waals surface area contributed by atoms with Gasteiger partial charge >= 0.3 is 0 Å². The molecule has 0 radical (unpaired) electrons. The second-order valence-corrected chi connectivity index (χ2v) is 11.9. The Morgan fingerprint density at radius 2 is 1.81 bits per heavy atom. The molecular formula is C29H29Br2N3O3. The summed E-state index contributed by atoms with van der Waals surface area (Å²) < 4.78 is 3.89. The van der Waals surface area contributed by atoms with Crippen LogP contribution in [0.4, 0.5) is 0 Å². The number of Topliss-reactive ketones (excluding diaryl/α,β-unsaturated/α-hetero) is 1. The van der Waals surface area contributed by atoms with E-state index in [0.717, 1.165) is 32.0 Å². The van der Waals surface area contributed by atoms with Crippen molar-refractivity contribution < 1.29 is 14.4 Å². The van der Waals surface area contributed by atoms with Gasteiger partial charge < -0.3 is 14.4 Å². The Morgan fingerprint density at radius 1 is 1.05 bits per heavy atom. The summed E-state index contributed by atoms with van der Waals surface area (Å²) in [5.74, 6) is 0.176. The first-order valence-corrected chi connectivity index (χ1v) is 14.0. The largest absolute Gasteiger partial charge is 0.338 e. The maximum Gasteiger partial charge on any atom is 0.256 e. The smallest absolute Gasteiger partial charge is 0.256 e. The van der Waals surface area contributed by atoms with Crippen LogP contribution in [0.5, 0.6) is 0 Å². The first kappa shape index (κ1) is 25.9. The number of carbonyl (C=O) groups is 3. The molecule has 5 rings (SSSR count). The van der Waals surface area contributed by atoms with E-state index >= 15 is 0 Å². The minimum atomic E-state index is -0.0902. The maximum absolute atomic E-state index is 13.9. The predicted molar refractivity (Wildman–Crippen MR) is 152 cm³/mol. The van der Waals surface area contributed by atoms with Gasteiger partial charge in [0.1, 0.15) is 0 Å². The summed E-state index contributed by atoms with van der Waals surface area (Å²) >= 11 is 7.16. The third-order valence-corrected chi connectivity index (χ3v) is 8.55. The van der Waals surface area contributed by atoms with E-state index in [1.165, 1.54) is 22.8 Å². The summed E-state index contributed by atoms with van der Waals surface area (Å²) in [5.41, 5.74) is 6.09. The van der Waals surface area contributed by atoms with Crippen LogP contribution in [0.1, 0.15) is 39.2 Å². The van der Waals surface area contributed by atoms with Crippen LogP contribution in [0, 0.1) is 19.8 Å². The van der Waals surface area contributed by atoms with Crippen molar-refractivity contribution in [3.8, 4) is 0 Å². The number of carbonyl (C=O) groups excluding carboxylic acids is 3. The first-order valence-electron chi connectivity index (χ1n) is 12.4. The molecule has 1 saturated heterocycles. The molecule has 3 aromatic rings. The Hall–Kier alpha value is -2.71. The molecule has 0 bridgehead atoms. The molecule has 1 aromatic heterocycles. The van der Waals surface area contributed by atoms with E-state index in [9.17, 15) is 14.4 Å². The number of aryl methyl sites for hydroxylation is 1. The van der Waals surface area contributed by atoms with Crippen molar-refractivity contribution in [1.82, 2.24) is 14.4 Å². The van der Waals surface area contributed by atoms with Crippen molar-refractivity contribution in [3.63, 3.8) is 0 Å². The van der Waals surface area contributed by atoms with E-state index in [4.69, 9.17) is 0 Å². The molecular weight excluding hydrogens is 598 g/mol. The van der Waals surface area contributed by atoms with Crippen molar-refractivity contribution in [2.75, 3.05) is 19.6 Å². The minimum absolute atomic E-state index is 0.00681. The van der Waals surface area contributed by atoms with Crippen LogP contribution in [-0.2, 0) is 29.1 Å². The van der Waals surface area contributed by atoms with E-state index in [1.807, 2.05) is 34.6 Å². The second kappa shape index (κ2) is 10.2. The van der Waals surface area contributed by atoms with Gasteiger partial charge in [0.05, 0.1) is 12.1 Å². The molecule has 0 spiro atoms. The van der Waals surface area contributed by atoms with E-state index in [2.05, 4.69) is 57.5 Å². The van der Waals surface area contributed by atoms with Crippen LogP contribution in [0.3, 0.4) is 0 Å². The molecule has 8 heteroatoms. The third kappa shape index (κ3) is 4.93. The summed E-state index contributed by atoms with van der Waals surface area (Å²) in [6.07, 6.45) is 2.55. The van der Waals surface area contributed by atoms with Gasteiger partial charge in [-0.25, -0.2) is 0 Å². The maximum atomic E-state index is 13.9. The SMILES string of the molecule is C=CC(=O)N1CC(CC(=O)Cn2c(C)c(C(=O)N3CCc4c(C)cc(Br)cc4C3)c3cc(Br)ccc32)C1. The molecule has 0 N–H and O–H groups in total. The predicted octanol–water partition coefficient (Wildman–Crippen LogP) is 5.59. The Kier molecular flexibility index (Phi) is 7.16. The minimum Gasteiger partial charge on any atom is -0.338 e. The highest BCUT2D eigenvalue weighted by atomic mass is 79.9. The Balaban J connectivity index is 1.40. The van der Waals surface area contributed by atoms with Crippen molar-refractivity contribution >= 4 is 60.4 Å². The lowest BCUT2D eigenvalue weighted by Gasteiger charge is -2.38. The van der Waals surface area contributed by atoms with Crippen LogP contribution < -0.4 is 0 Å². The number of nitrogens with zero attached hydrogens (tertiary/aromatic N) is 3. The summed E-state index contributed by atoms with van der Waals surface area (Å²) in [6.45, 7) is 10.2. The number of amides is 2. The number of fused-ring (bicyclic) bond motifs is 2. The van der Waals surface area contributed by atoms with Crippen molar-refractivity contribution in [3.05, 3.63) is 79.9 Å². The number of benzene rings is 2. The molecule has 0 unspecified atom stereocenters. The van der Waals surface area contributed by atoms with Crippen LogP contribution in [0.2, 0.25) is 0 Å². The summed E-state index contributed by atoms with van der Waals surface area (Å²) in [4.78, 5) is 42.3. The second-order valence-electron chi connectivity index (χ2n) is 10.1. The zero-order valence-electron chi connectivity index (χ0n) is 21.0. The standard InChI is InChI=1S/C29H29Br2N3O3/c1-4-27(36)33-13-19(14-33)10-23(35)16-34-18(3)28(25-12-21(30)5-6-26(25)34)29(37)32-8-7-24-17(2)9-22(31)11-20(24)15-32/h4-6,9,11-12,19H,1,7-8,10,13-16H2,2-3H3. The van der Waals surface area contributed by atoms with E-state index in [-0.39, 0.29) is 30.1 Å². The van der Waals surface area contributed by atoms with Gasteiger partial charge in [-0.05, 0) is 73.4 Å². The molecule has 2 aromatic carbocycles. The first-order chi connectivity index (χ1) is 17.7. The van der Waals surface area contributed by atoms with E-state index in [0.29, 0.717) is 38.2 Å². The Labute approximate surface area is 233 Å². The molecule has 192 valence electrons. The molecule has 1 fully saturated rings. The van der Waals surface area contributed by atoms with Crippen LogP contribution in [0.15, 0.2) is 51.9 Å². The van der Waals surface area contributed by atoms with E-state index in [1.54, 1.807) is 4.90 Å². The fourth-order valence-corrected chi connectivity index (χ4v) is 6.68. The van der Waals surface area contributed by atoms with Gasteiger partial charge in [-0.3, -0.25) is 14.4 Å². The van der Waals surface area contributed by atoms with Gasteiger partial charge in [0.15, 0.2) is 5.78 Å². The topological polar surface area (TPSA) is 62.6 Å². The summed E-state index contributed by atoms with van der Waals surface area (Å²) in [5, 5.41) is 0.854. The third-order valence-electron chi connectivity index (χ3n) is 7.60. The van der Waals surface area contributed by atoms with Gasteiger partial charge in [-0.15, -0.1) is 0 Å². The lowest BCUT2D eigenvalue weighted by atomic mass is 9.94. The number of hydrogen-bond acceptors (Lipinski definition) is 3. The highest BCUT2D eigenvalue weighted by molar-refractivity contribution is 9.10. The molecule has 0 saturated carbocycles. The molecule has 0 aliphatic carbocycles. The van der Waals surface area contributed by atoms with Gasteiger partial charge in [-0.2, -0.15) is 0 Å². The zero-order chi connectivity index (χ0) is 26.4. The molecule has 37 heavy (non-hydrogen) atoms. The number of ketones is 1. The molecule has 0 atom stereocenters. The average Bonchev–Trinajstić information content (AvgIpc) is 3.09. The lowest BCUT2D eigenvalue weighted by molar-refractivity contribution is -0.134. The number of rotatable bonds is 6. The van der Waals surface area contributed by atoms with Crippen molar-refractivity contribution in [2.24, 2.45) is 5.92 Å².